The quantitative estimate of drug-likeness (QED) is 0.248. The summed E-state index contributed by atoms with van der Waals surface area (Å²) in [6.45, 7) is 12.5. The van der Waals surface area contributed by atoms with Crippen molar-refractivity contribution < 1.29 is 19.1 Å². The fourth-order valence-corrected chi connectivity index (χ4v) is 4.57. The van der Waals surface area contributed by atoms with Crippen LogP contribution in [-0.2, 0) is 20.7 Å². The molecule has 7 nitrogen and oxygen atoms in total. The summed E-state index contributed by atoms with van der Waals surface area (Å²) >= 11 is 0. The smallest absolute Gasteiger partial charge is 0.408 e. The Morgan fingerprint density at radius 3 is 2.23 bits per heavy atom. The zero-order valence-corrected chi connectivity index (χ0v) is 25.3. The van der Waals surface area contributed by atoms with E-state index >= 15 is 0 Å². The summed E-state index contributed by atoms with van der Waals surface area (Å²) in [5.41, 5.74) is 1.96. The average Bonchev–Trinajstić information content (AvgIpc) is 2.89. The number of nitrogens with one attached hydrogen (secondary N) is 2. The van der Waals surface area contributed by atoms with Crippen LogP contribution in [0.3, 0.4) is 0 Å². The third kappa shape index (κ3) is 11.4. The Morgan fingerprint density at radius 2 is 1.60 bits per heavy atom. The van der Waals surface area contributed by atoms with Crippen LogP contribution in [0.25, 0.3) is 0 Å². The highest BCUT2D eigenvalue weighted by atomic mass is 16.6. The molecule has 0 aliphatic rings. The second kappa shape index (κ2) is 16.7. The molecule has 0 aliphatic heterocycles. The van der Waals surface area contributed by atoms with Gasteiger partial charge < -0.3 is 20.3 Å². The fourth-order valence-electron chi connectivity index (χ4n) is 4.57. The van der Waals surface area contributed by atoms with Crippen molar-refractivity contribution in [3.05, 3.63) is 71.3 Å². The van der Waals surface area contributed by atoms with E-state index in [-0.39, 0.29) is 18.2 Å². The van der Waals surface area contributed by atoms with E-state index in [0.717, 1.165) is 55.2 Å². The van der Waals surface area contributed by atoms with E-state index in [9.17, 15) is 14.4 Å². The van der Waals surface area contributed by atoms with Crippen LogP contribution in [0.1, 0.15) is 95.9 Å². The number of amides is 3. The van der Waals surface area contributed by atoms with Gasteiger partial charge in [-0.25, -0.2) is 4.79 Å². The fraction of sp³-hybridized carbons (Fsp3) is 0.545. The van der Waals surface area contributed by atoms with E-state index in [1.54, 1.807) is 25.7 Å². The lowest BCUT2D eigenvalue weighted by Gasteiger charge is -2.35. The molecule has 3 amide bonds. The van der Waals surface area contributed by atoms with Gasteiger partial charge in [-0.3, -0.25) is 9.59 Å². The summed E-state index contributed by atoms with van der Waals surface area (Å²) in [5.74, 6) is -0.512. The molecule has 2 rings (SSSR count). The number of unbranched alkanes of at least 4 members (excludes halogenated alkanes) is 4. The predicted octanol–water partition coefficient (Wildman–Crippen LogP) is 6.50. The van der Waals surface area contributed by atoms with Gasteiger partial charge in [0.25, 0.3) is 0 Å². The van der Waals surface area contributed by atoms with Crippen LogP contribution >= 0.6 is 0 Å². The van der Waals surface area contributed by atoms with Gasteiger partial charge in [0.05, 0.1) is 0 Å². The van der Waals surface area contributed by atoms with Crippen molar-refractivity contribution >= 4 is 17.9 Å². The molecule has 7 heteroatoms. The van der Waals surface area contributed by atoms with Gasteiger partial charge in [0.2, 0.25) is 11.8 Å². The molecule has 0 spiro atoms. The number of carbonyl (C=O) groups is 3. The number of alkyl carbamates (subject to hydrolysis) is 1. The highest BCUT2D eigenvalue weighted by Gasteiger charge is 2.36. The van der Waals surface area contributed by atoms with Gasteiger partial charge >= 0.3 is 6.09 Å². The Balaban J connectivity index is 2.51. The number of ether oxygens (including phenoxy) is 1. The van der Waals surface area contributed by atoms with Crippen LogP contribution in [0.4, 0.5) is 4.79 Å². The van der Waals surface area contributed by atoms with Crippen molar-refractivity contribution in [2.45, 2.75) is 104 Å². The first-order chi connectivity index (χ1) is 19.1. The Kier molecular flexibility index (Phi) is 13.7. The van der Waals surface area contributed by atoms with Gasteiger partial charge in [-0.05, 0) is 51.7 Å². The number of aryl methyl sites for hydroxylation is 1. The van der Waals surface area contributed by atoms with E-state index in [0.29, 0.717) is 13.1 Å². The second-order valence-corrected chi connectivity index (χ2v) is 11.4. The van der Waals surface area contributed by atoms with Crippen LogP contribution in [0.15, 0.2) is 54.6 Å². The lowest BCUT2D eigenvalue weighted by atomic mass is 9.98. The third-order valence-electron chi connectivity index (χ3n) is 6.55. The summed E-state index contributed by atoms with van der Waals surface area (Å²) in [7, 11) is 0. The van der Waals surface area contributed by atoms with Crippen molar-refractivity contribution in [1.29, 1.82) is 0 Å². The van der Waals surface area contributed by atoms with Crippen molar-refractivity contribution in [2.24, 2.45) is 0 Å². The summed E-state index contributed by atoms with van der Waals surface area (Å²) in [5, 5.41) is 5.88. The summed E-state index contributed by atoms with van der Waals surface area (Å²) < 4.78 is 5.52. The van der Waals surface area contributed by atoms with Gasteiger partial charge in [-0.1, -0.05) is 99.7 Å². The molecule has 2 N–H and O–H groups in total. The molecule has 0 fully saturated rings. The van der Waals surface area contributed by atoms with Crippen LogP contribution in [-0.4, -0.2) is 47.5 Å². The number of hydrogen-bond acceptors (Lipinski definition) is 4. The zero-order valence-electron chi connectivity index (χ0n) is 25.3. The highest BCUT2D eigenvalue weighted by molar-refractivity contribution is 5.92. The van der Waals surface area contributed by atoms with Crippen molar-refractivity contribution in [2.75, 3.05) is 13.1 Å². The maximum atomic E-state index is 14.4. The molecule has 40 heavy (non-hydrogen) atoms. The average molecular weight is 552 g/mol. The molecule has 2 atom stereocenters. The number of rotatable bonds is 15. The van der Waals surface area contributed by atoms with Crippen molar-refractivity contribution in [1.82, 2.24) is 15.5 Å². The van der Waals surface area contributed by atoms with Gasteiger partial charge in [-0.2, -0.15) is 0 Å². The molecule has 0 aromatic heterocycles. The first-order valence-corrected chi connectivity index (χ1v) is 14.7. The molecule has 0 bridgehead atoms. The molecular weight excluding hydrogens is 502 g/mol. The molecule has 2 unspecified atom stereocenters. The van der Waals surface area contributed by atoms with Crippen LogP contribution in [0.5, 0.6) is 0 Å². The maximum Gasteiger partial charge on any atom is 0.408 e. The summed E-state index contributed by atoms with van der Waals surface area (Å²) in [6, 6.07) is 15.6. The minimum Gasteiger partial charge on any atom is -0.444 e. The number of carbonyl (C=O) groups excluding carboxylic acids is 3. The molecule has 0 saturated heterocycles. The van der Waals surface area contributed by atoms with E-state index < -0.39 is 23.8 Å². The van der Waals surface area contributed by atoms with E-state index in [4.69, 9.17) is 4.74 Å². The minimum absolute atomic E-state index is 0.210. The molecule has 0 radical (unpaired) electrons. The van der Waals surface area contributed by atoms with E-state index in [1.165, 1.54) is 0 Å². The molecular formula is C33H49N3O4. The monoisotopic (exact) mass is 551 g/mol. The van der Waals surface area contributed by atoms with Gasteiger partial charge in [0.15, 0.2) is 0 Å². The van der Waals surface area contributed by atoms with Gasteiger partial charge in [-0.15, -0.1) is 0 Å². The number of hydrogen-bond donors (Lipinski definition) is 2. The Morgan fingerprint density at radius 1 is 0.900 bits per heavy atom. The maximum absolute atomic E-state index is 14.4. The molecule has 2 aromatic carbocycles. The van der Waals surface area contributed by atoms with Gasteiger partial charge in [0.1, 0.15) is 17.7 Å². The summed E-state index contributed by atoms with van der Waals surface area (Å²) in [4.78, 5) is 42.7. The zero-order chi connectivity index (χ0) is 29.5. The normalized spacial score (nSPS) is 12.8. The molecule has 0 heterocycles. The van der Waals surface area contributed by atoms with Crippen molar-refractivity contribution in [3.63, 3.8) is 0 Å². The first-order valence-electron chi connectivity index (χ1n) is 14.7. The Labute approximate surface area is 241 Å². The Hall–Kier alpha value is -3.35. The largest absolute Gasteiger partial charge is 0.444 e. The van der Waals surface area contributed by atoms with E-state index in [1.807, 2.05) is 61.5 Å². The van der Waals surface area contributed by atoms with Crippen LogP contribution in [0.2, 0.25) is 0 Å². The Bertz CT molecular complexity index is 1060. The third-order valence-corrected chi connectivity index (χ3v) is 6.55. The minimum atomic E-state index is -0.904. The molecule has 2 aromatic rings. The van der Waals surface area contributed by atoms with Crippen molar-refractivity contribution in [3.8, 4) is 0 Å². The standard InChI is InChI=1S/C33H49N3O4/c1-7-9-11-15-22-36(29(30(37)34-21-10-8-2)27-20-16-17-25(3)23-27)31(38)28(24-26-18-13-12-14-19-26)35-32(39)40-33(4,5)6/h12-14,16-20,23,28-29H,7-11,15,21-22,24H2,1-6H3,(H,34,37)(H,35,39). The lowest BCUT2D eigenvalue weighted by Crippen LogP contribution is -2.54. The lowest BCUT2D eigenvalue weighted by molar-refractivity contribution is -0.142. The first kappa shape index (κ1) is 32.9. The predicted molar refractivity (Wildman–Crippen MR) is 161 cm³/mol. The second-order valence-electron chi connectivity index (χ2n) is 11.4. The van der Waals surface area contributed by atoms with Crippen LogP contribution < -0.4 is 10.6 Å². The van der Waals surface area contributed by atoms with E-state index in [2.05, 4.69) is 24.5 Å². The van der Waals surface area contributed by atoms with Crippen LogP contribution in [0, 0.1) is 6.92 Å². The summed E-state index contributed by atoms with van der Waals surface area (Å²) in [6.07, 6.45) is 5.24. The SMILES string of the molecule is CCCCCCN(C(=O)C(Cc1ccccc1)NC(=O)OC(C)(C)C)C(C(=O)NCCCC)c1cccc(C)c1. The topological polar surface area (TPSA) is 87.7 Å². The van der Waals surface area contributed by atoms with Gasteiger partial charge in [0, 0.05) is 19.5 Å². The molecule has 0 aliphatic carbocycles. The molecule has 220 valence electrons. The number of benzene rings is 2. The highest BCUT2D eigenvalue weighted by Crippen LogP contribution is 2.25. The molecule has 0 saturated carbocycles. The number of nitrogens with zero attached hydrogens (tertiary/aromatic N) is 1.